The van der Waals surface area contributed by atoms with Gasteiger partial charge >= 0.3 is 0 Å². The molecule has 0 aromatic rings. The van der Waals surface area contributed by atoms with E-state index in [4.69, 9.17) is 0 Å². The molecule has 0 spiro atoms. The van der Waals surface area contributed by atoms with Gasteiger partial charge in [0.15, 0.2) is 0 Å². The van der Waals surface area contributed by atoms with Crippen molar-refractivity contribution in [3.05, 3.63) is 34.9 Å². The lowest BCUT2D eigenvalue weighted by molar-refractivity contribution is -0.714. The lowest BCUT2D eigenvalue weighted by Crippen LogP contribution is -2.96. The van der Waals surface area contributed by atoms with Crippen molar-refractivity contribution < 1.29 is 5.32 Å². The number of rotatable bonds is 4. The highest BCUT2D eigenvalue weighted by Crippen LogP contribution is 2.20. The molecule has 2 heteroatoms. The predicted octanol–water partition coefficient (Wildman–Crippen LogP) is 2.90. The number of hydrogen-bond donors (Lipinski definition) is 1. The van der Waals surface area contributed by atoms with Crippen LogP contribution in [0.2, 0.25) is 0 Å². The molecule has 2 atom stereocenters. The van der Waals surface area contributed by atoms with Crippen molar-refractivity contribution in [2.75, 3.05) is 0 Å². The normalized spacial score (nSPS) is 25.9. The molecule has 0 saturated heterocycles. The van der Waals surface area contributed by atoms with Gasteiger partial charge in [0, 0.05) is 23.7 Å². The van der Waals surface area contributed by atoms with E-state index in [0.717, 1.165) is 19.3 Å². The van der Waals surface area contributed by atoms with E-state index in [9.17, 15) is 0 Å². The Balaban J connectivity index is 2.57. The molecule has 0 aromatic carbocycles. The first-order valence-corrected chi connectivity index (χ1v) is 6.27. The Labute approximate surface area is 101 Å². The van der Waals surface area contributed by atoms with E-state index in [1.54, 1.807) is 0 Å². The van der Waals surface area contributed by atoms with Crippen LogP contribution < -0.4 is 5.32 Å². The summed E-state index contributed by atoms with van der Waals surface area (Å²) in [6, 6.07) is 1.19. The molecule has 2 N–H and O–H groups in total. The molecule has 1 aliphatic heterocycles. The predicted molar refractivity (Wildman–Crippen MR) is 70.0 cm³/mol. The lowest BCUT2D eigenvalue weighted by atomic mass is 9.97. The maximum Gasteiger partial charge on any atom is 0.122 e. The molecule has 0 radical (unpaired) electrons. The number of quaternary nitrogens is 1. The third-order valence-corrected chi connectivity index (χ3v) is 3.57. The minimum absolute atomic E-state index is 0.528. The first-order chi connectivity index (χ1) is 6.99. The topological polar surface area (TPSA) is 16.6 Å². The van der Waals surface area contributed by atoms with E-state index in [1.165, 1.54) is 15.6 Å². The maximum atomic E-state index is 3.98. The molecule has 0 aromatic heterocycles. The molecule has 84 valence electrons. The van der Waals surface area contributed by atoms with Crippen LogP contribution in [-0.4, -0.2) is 12.1 Å². The second-order valence-corrected chi connectivity index (χ2v) is 5.62. The van der Waals surface area contributed by atoms with Crippen LogP contribution in [0, 0.1) is 0 Å². The SMILES string of the molecule is C=C(C)CC1CC=C(Br)C(CC(=C)C)[NH2+]1. The van der Waals surface area contributed by atoms with Gasteiger partial charge in [-0.3, -0.25) is 0 Å². The van der Waals surface area contributed by atoms with E-state index in [0.29, 0.717) is 12.1 Å². The van der Waals surface area contributed by atoms with Crippen molar-refractivity contribution in [2.24, 2.45) is 0 Å². The Morgan fingerprint density at radius 2 is 2.00 bits per heavy atom. The van der Waals surface area contributed by atoms with Crippen molar-refractivity contribution in [3.8, 4) is 0 Å². The third-order valence-electron chi connectivity index (χ3n) is 2.65. The first-order valence-electron chi connectivity index (χ1n) is 5.48. The molecule has 0 saturated carbocycles. The average Bonchev–Trinajstić information content (AvgIpc) is 2.09. The Kier molecular flexibility index (Phi) is 4.81. The molecular weight excluding hydrogens is 250 g/mol. The third kappa shape index (κ3) is 4.35. The van der Waals surface area contributed by atoms with Gasteiger partial charge in [-0.1, -0.05) is 30.4 Å². The molecule has 1 aliphatic rings. The van der Waals surface area contributed by atoms with Crippen LogP contribution in [0.5, 0.6) is 0 Å². The fraction of sp³-hybridized carbons (Fsp3) is 0.538. The van der Waals surface area contributed by atoms with Crippen molar-refractivity contribution in [2.45, 2.75) is 45.2 Å². The molecule has 0 aliphatic carbocycles. The summed E-state index contributed by atoms with van der Waals surface area (Å²) in [5.41, 5.74) is 2.52. The second-order valence-electron chi connectivity index (χ2n) is 4.71. The van der Waals surface area contributed by atoms with Crippen molar-refractivity contribution in [1.82, 2.24) is 0 Å². The fourth-order valence-electron chi connectivity index (χ4n) is 2.05. The van der Waals surface area contributed by atoms with Crippen LogP contribution in [-0.2, 0) is 0 Å². The van der Waals surface area contributed by atoms with Gasteiger partial charge in [-0.2, -0.15) is 0 Å². The zero-order valence-corrected chi connectivity index (χ0v) is 11.3. The fourth-order valence-corrected chi connectivity index (χ4v) is 2.56. The van der Waals surface area contributed by atoms with Crippen LogP contribution in [0.15, 0.2) is 34.9 Å². The smallest absolute Gasteiger partial charge is 0.122 e. The molecule has 0 amide bonds. The van der Waals surface area contributed by atoms with Gasteiger partial charge in [-0.05, 0) is 29.8 Å². The zero-order valence-electron chi connectivity index (χ0n) is 9.72. The molecule has 2 unspecified atom stereocenters. The van der Waals surface area contributed by atoms with Crippen LogP contribution in [0.25, 0.3) is 0 Å². The van der Waals surface area contributed by atoms with Crippen LogP contribution >= 0.6 is 15.9 Å². The first kappa shape index (κ1) is 12.7. The minimum Gasteiger partial charge on any atom is -0.336 e. The number of halogens is 1. The zero-order chi connectivity index (χ0) is 11.4. The molecule has 1 nitrogen and oxygen atoms in total. The van der Waals surface area contributed by atoms with Gasteiger partial charge < -0.3 is 5.32 Å². The Morgan fingerprint density at radius 1 is 1.40 bits per heavy atom. The summed E-state index contributed by atoms with van der Waals surface area (Å²) < 4.78 is 1.32. The summed E-state index contributed by atoms with van der Waals surface area (Å²) in [5.74, 6) is 0. The summed E-state index contributed by atoms with van der Waals surface area (Å²) in [6.07, 6.45) is 5.62. The van der Waals surface area contributed by atoms with E-state index >= 15 is 0 Å². The highest BCUT2D eigenvalue weighted by molar-refractivity contribution is 9.11. The van der Waals surface area contributed by atoms with E-state index in [1.807, 2.05) is 0 Å². The van der Waals surface area contributed by atoms with E-state index in [-0.39, 0.29) is 0 Å². The van der Waals surface area contributed by atoms with Gasteiger partial charge in [0.2, 0.25) is 0 Å². The van der Waals surface area contributed by atoms with E-state index in [2.05, 4.69) is 54.3 Å². The molecule has 15 heavy (non-hydrogen) atoms. The molecule has 1 rings (SSSR count). The van der Waals surface area contributed by atoms with Crippen LogP contribution in [0.3, 0.4) is 0 Å². The average molecular weight is 271 g/mol. The lowest BCUT2D eigenvalue weighted by Gasteiger charge is -2.26. The highest BCUT2D eigenvalue weighted by Gasteiger charge is 2.25. The summed E-state index contributed by atoms with van der Waals surface area (Å²) in [5, 5.41) is 2.45. The monoisotopic (exact) mass is 270 g/mol. The molecular formula is C13H21BrN+. The van der Waals surface area contributed by atoms with Crippen molar-refractivity contribution in [1.29, 1.82) is 0 Å². The van der Waals surface area contributed by atoms with Gasteiger partial charge in [0.05, 0.1) is 6.04 Å². The Bertz CT molecular complexity index is 291. The summed E-state index contributed by atoms with van der Waals surface area (Å²) >= 11 is 3.64. The van der Waals surface area contributed by atoms with Gasteiger partial charge in [-0.15, -0.1) is 0 Å². The van der Waals surface area contributed by atoms with Crippen molar-refractivity contribution >= 4 is 15.9 Å². The van der Waals surface area contributed by atoms with Gasteiger partial charge in [-0.25, -0.2) is 0 Å². The Morgan fingerprint density at radius 3 is 2.53 bits per heavy atom. The van der Waals surface area contributed by atoms with Crippen LogP contribution in [0.1, 0.15) is 33.1 Å². The minimum atomic E-state index is 0.528. The standard InChI is InChI=1S/C13H20BrN/c1-9(2)7-11-5-6-12(14)13(15-11)8-10(3)4/h6,11,13,15H,1,3,5,7-8H2,2,4H3/p+1. The number of nitrogens with two attached hydrogens (primary N) is 1. The molecule has 0 bridgehead atoms. The summed E-state index contributed by atoms with van der Waals surface area (Å²) in [7, 11) is 0. The van der Waals surface area contributed by atoms with Gasteiger partial charge in [0.25, 0.3) is 0 Å². The highest BCUT2D eigenvalue weighted by atomic mass is 79.9. The van der Waals surface area contributed by atoms with Crippen molar-refractivity contribution in [3.63, 3.8) is 0 Å². The van der Waals surface area contributed by atoms with Gasteiger partial charge in [0.1, 0.15) is 6.04 Å². The molecule has 0 fully saturated rings. The Hall–Kier alpha value is -0.340. The second kappa shape index (κ2) is 5.66. The molecule has 1 heterocycles. The summed E-state index contributed by atoms with van der Waals surface area (Å²) in [4.78, 5) is 0. The largest absolute Gasteiger partial charge is 0.336 e. The van der Waals surface area contributed by atoms with E-state index < -0.39 is 0 Å². The quantitative estimate of drug-likeness (QED) is 0.757. The maximum absolute atomic E-state index is 3.98. The summed E-state index contributed by atoms with van der Waals surface area (Å²) in [6.45, 7) is 12.2. The number of hydrogen-bond acceptors (Lipinski definition) is 0. The van der Waals surface area contributed by atoms with Crippen LogP contribution in [0.4, 0.5) is 0 Å².